The third-order valence-electron chi connectivity index (χ3n) is 4.26. The Labute approximate surface area is 160 Å². The van der Waals surface area contributed by atoms with Crippen LogP contribution in [0.5, 0.6) is 0 Å². The van der Waals surface area contributed by atoms with E-state index in [1.807, 2.05) is 32.0 Å². The maximum absolute atomic E-state index is 12.6. The molecular formula is C19H18BrNO4S. The molecule has 0 aliphatic carbocycles. The number of benzene rings is 2. The van der Waals surface area contributed by atoms with Gasteiger partial charge in [-0.15, -0.1) is 0 Å². The van der Waals surface area contributed by atoms with Crippen molar-refractivity contribution in [3.63, 3.8) is 0 Å². The third-order valence-corrected chi connectivity index (χ3v) is 5.88. The Morgan fingerprint density at radius 1 is 1.15 bits per heavy atom. The van der Waals surface area contributed by atoms with Crippen LogP contribution in [0.1, 0.15) is 34.6 Å². The number of hydrogen-bond acceptors (Lipinski definition) is 4. The second-order valence-corrected chi connectivity index (χ2v) is 9.16. The highest BCUT2D eigenvalue weighted by Gasteiger charge is 2.20. The van der Waals surface area contributed by atoms with Gasteiger partial charge in [-0.05, 0) is 49.7 Å². The molecule has 0 aliphatic heterocycles. The first kappa shape index (κ1) is 18.7. The van der Waals surface area contributed by atoms with Gasteiger partial charge in [0.2, 0.25) is 0 Å². The first-order valence-corrected chi connectivity index (χ1v) is 10.6. The van der Waals surface area contributed by atoms with Gasteiger partial charge in [0.1, 0.15) is 5.58 Å². The number of carbonyl (C=O) groups is 1. The molecule has 1 N–H and O–H groups in total. The summed E-state index contributed by atoms with van der Waals surface area (Å²) in [6, 6.07) is 11.8. The van der Waals surface area contributed by atoms with Crippen molar-refractivity contribution in [3.8, 4) is 0 Å². The van der Waals surface area contributed by atoms with Gasteiger partial charge in [0.15, 0.2) is 15.6 Å². The van der Waals surface area contributed by atoms with Gasteiger partial charge in [-0.3, -0.25) is 4.79 Å². The van der Waals surface area contributed by atoms with E-state index in [1.54, 1.807) is 12.1 Å². The van der Waals surface area contributed by atoms with Crippen LogP contribution in [0.15, 0.2) is 56.2 Å². The van der Waals surface area contributed by atoms with Gasteiger partial charge < -0.3 is 9.73 Å². The maximum Gasteiger partial charge on any atom is 0.287 e. The molecule has 5 nitrogen and oxygen atoms in total. The van der Waals surface area contributed by atoms with Crippen LogP contribution in [0.25, 0.3) is 11.0 Å². The van der Waals surface area contributed by atoms with E-state index in [9.17, 15) is 13.2 Å². The average molecular weight is 436 g/mol. The molecule has 0 bridgehead atoms. The average Bonchev–Trinajstić information content (AvgIpc) is 2.91. The van der Waals surface area contributed by atoms with E-state index in [4.69, 9.17) is 4.42 Å². The molecule has 0 aliphatic rings. The number of furan rings is 1. The molecule has 7 heteroatoms. The van der Waals surface area contributed by atoms with Crippen molar-refractivity contribution in [3.05, 3.63) is 63.8 Å². The minimum absolute atomic E-state index is 0.249. The Kier molecular flexibility index (Phi) is 4.94. The maximum atomic E-state index is 12.6. The number of hydrogen-bond donors (Lipinski definition) is 1. The van der Waals surface area contributed by atoms with Crippen LogP contribution in [-0.4, -0.2) is 20.6 Å². The molecule has 1 unspecified atom stereocenters. The zero-order valence-corrected chi connectivity index (χ0v) is 16.9. The van der Waals surface area contributed by atoms with E-state index in [1.165, 1.54) is 12.1 Å². The molecular weight excluding hydrogens is 418 g/mol. The summed E-state index contributed by atoms with van der Waals surface area (Å²) < 4.78 is 29.7. The minimum Gasteiger partial charge on any atom is -0.451 e. The summed E-state index contributed by atoms with van der Waals surface area (Å²) >= 11 is 3.42. The lowest BCUT2D eigenvalue weighted by molar-refractivity contribution is 0.0913. The summed E-state index contributed by atoms with van der Waals surface area (Å²) in [4.78, 5) is 12.9. The predicted molar refractivity (Wildman–Crippen MR) is 104 cm³/mol. The standard InChI is InChI=1S/C19H18BrNO4S/c1-11-16-10-14(20)6-9-17(16)25-18(11)19(22)21-12(2)13-4-7-15(8-5-13)26(3,23)24/h4-10,12H,1-3H3,(H,21,22). The van der Waals surface area contributed by atoms with E-state index >= 15 is 0 Å². The lowest BCUT2D eigenvalue weighted by Gasteiger charge is -2.14. The molecule has 3 aromatic rings. The Bertz CT molecular complexity index is 1080. The Hall–Kier alpha value is -2.12. The van der Waals surface area contributed by atoms with Crippen LogP contribution in [0.2, 0.25) is 0 Å². The Morgan fingerprint density at radius 2 is 1.81 bits per heavy atom. The first-order chi connectivity index (χ1) is 12.2. The largest absolute Gasteiger partial charge is 0.451 e. The van der Waals surface area contributed by atoms with E-state index in [-0.39, 0.29) is 22.6 Å². The van der Waals surface area contributed by atoms with Crippen LogP contribution >= 0.6 is 15.9 Å². The summed E-state index contributed by atoms with van der Waals surface area (Å²) in [5.74, 6) is -0.0350. The molecule has 136 valence electrons. The molecule has 0 fully saturated rings. The molecule has 1 heterocycles. The summed E-state index contributed by atoms with van der Waals surface area (Å²) in [5, 5.41) is 3.78. The summed E-state index contributed by atoms with van der Waals surface area (Å²) in [6.07, 6.45) is 1.16. The number of carbonyl (C=O) groups excluding carboxylic acids is 1. The molecule has 26 heavy (non-hydrogen) atoms. The SMILES string of the molecule is Cc1c(C(=O)NC(C)c2ccc(S(C)(=O)=O)cc2)oc2ccc(Br)cc12. The topological polar surface area (TPSA) is 76.4 Å². The predicted octanol–water partition coefficient (Wildman–Crippen LogP) is 4.40. The van der Waals surface area contributed by atoms with Gasteiger partial charge in [0, 0.05) is 21.7 Å². The molecule has 1 atom stereocenters. The van der Waals surface area contributed by atoms with Gasteiger partial charge in [-0.2, -0.15) is 0 Å². The molecule has 0 saturated carbocycles. The number of aryl methyl sites for hydroxylation is 1. The van der Waals surface area contributed by atoms with Crippen LogP contribution in [0, 0.1) is 6.92 Å². The highest BCUT2D eigenvalue weighted by atomic mass is 79.9. The van der Waals surface area contributed by atoms with E-state index < -0.39 is 9.84 Å². The minimum atomic E-state index is -3.24. The van der Waals surface area contributed by atoms with Crippen molar-refractivity contribution in [2.24, 2.45) is 0 Å². The Morgan fingerprint density at radius 3 is 2.42 bits per heavy atom. The second kappa shape index (κ2) is 6.89. The second-order valence-electron chi connectivity index (χ2n) is 6.23. The van der Waals surface area contributed by atoms with Crippen LogP contribution < -0.4 is 5.32 Å². The first-order valence-electron chi connectivity index (χ1n) is 7.96. The molecule has 1 amide bonds. The zero-order valence-electron chi connectivity index (χ0n) is 14.5. The van der Waals surface area contributed by atoms with Crippen molar-refractivity contribution in [1.29, 1.82) is 0 Å². The van der Waals surface area contributed by atoms with Gasteiger partial charge in [0.05, 0.1) is 10.9 Å². The number of halogens is 1. The lowest BCUT2D eigenvalue weighted by Crippen LogP contribution is -2.26. The quantitative estimate of drug-likeness (QED) is 0.658. The smallest absolute Gasteiger partial charge is 0.287 e. The van der Waals surface area contributed by atoms with Gasteiger partial charge >= 0.3 is 0 Å². The molecule has 0 spiro atoms. The number of fused-ring (bicyclic) bond motifs is 1. The molecule has 2 aromatic carbocycles. The number of sulfone groups is 1. The van der Waals surface area contributed by atoms with Gasteiger partial charge in [0.25, 0.3) is 5.91 Å². The number of rotatable bonds is 4. The van der Waals surface area contributed by atoms with Crippen molar-refractivity contribution in [2.45, 2.75) is 24.8 Å². The highest BCUT2D eigenvalue weighted by Crippen LogP contribution is 2.28. The van der Waals surface area contributed by atoms with Crippen molar-refractivity contribution in [2.75, 3.05) is 6.26 Å². The van der Waals surface area contributed by atoms with E-state index in [2.05, 4.69) is 21.2 Å². The van der Waals surface area contributed by atoms with Gasteiger partial charge in [-0.25, -0.2) is 8.42 Å². The lowest BCUT2D eigenvalue weighted by atomic mass is 10.1. The van der Waals surface area contributed by atoms with E-state index in [0.29, 0.717) is 5.58 Å². The molecule has 3 rings (SSSR count). The number of nitrogens with one attached hydrogen (secondary N) is 1. The third kappa shape index (κ3) is 3.68. The summed E-state index contributed by atoms with van der Waals surface area (Å²) in [6.45, 7) is 3.68. The van der Waals surface area contributed by atoms with Gasteiger partial charge in [-0.1, -0.05) is 28.1 Å². The molecule has 0 radical (unpaired) electrons. The normalized spacial score (nSPS) is 12.9. The monoisotopic (exact) mass is 435 g/mol. The fraction of sp³-hybridized carbons (Fsp3) is 0.211. The fourth-order valence-corrected chi connectivity index (χ4v) is 3.75. The number of amides is 1. The van der Waals surface area contributed by atoms with Crippen LogP contribution in [0.3, 0.4) is 0 Å². The summed E-state index contributed by atoms with van der Waals surface area (Å²) in [7, 11) is -3.24. The fourth-order valence-electron chi connectivity index (χ4n) is 2.76. The zero-order chi connectivity index (χ0) is 19.1. The Balaban J connectivity index is 1.82. The molecule has 0 saturated heterocycles. The van der Waals surface area contributed by atoms with Crippen LogP contribution in [-0.2, 0) is 9.84 Å². The highest BCUT2D eigenvalue weighted by molar-refractivity contribution is 9.10. The van der Waals surface area contributed by atoms with Crippen molar-refractivity contribution in [1.82, 2.24) is 5.32 Å². The van der Waals surface area contributed by atoms with Crippen molar-refractivity contribution < 1.29 is 17.6 Å². The van der Waals surface area contributed by atoms with Crippen molar-refractivity contribution >= 4 is 42.6 Å². The van der Waals surface area contributed by atoms with E-state index in [0.717, 1.165) is 27.2 Å². The molecule has 1 aromatic heterocycles. The van der Waals surface area contributed by atoms with Crippen LogP contribution in [0.4, 0.5) is 0 Å². The summed E-state index contributed by atoms with van der Waals surface area (Å²) in [5.41, 5.74) is 2.24.